The molecule has 0 N–H and O–H groups in total. The number of ether oxygens (including phenoxy) is 1. The van der Waals surface area contributed by atoms with Gasteiger partial charge < -0.3 is 9.30 Å². The van der Waals surface area contributed by atoms with Crippen LogP contribution in [0.1, 0.15) is 45.1 Å². The molecule has 3 aromatic rings. The van der Waals surface area contributed by atoms with Crippen molar-refractivity contribution in [2.75, 3.05) is 6.61 Å². The molecule has 0 amide bonds. The number of nitrogens with zero attached hydrogens (tertiary/aromatic N) is 6. The van der Waals surface area contributed by atoms with Gasteiger partial charge in [-0.2, -0.15) is 10.4 Å². The Hall–Kier alpha value is -2.50. The molecule has 7 nitrogen and oxygen atoms in total. The zero-order valence-electron chi connectivity index (χ0n) is 20.4. The van der Waals surface area contributed by atoms with Crippen molar-refractivity contribution in [3.8, 4) is 17.3 Å². The third-order valence-electron chi connectivity index (χ3n) is 7.05. The van der Waals surface area contributed by atoms with Gasteiger partial charge in [0.25, 0.3) is 0 Å². The lowest BCUT2D eigenvalue weighted by atomic mass is 9.85. The maximum atomic E-state index is 9.47. The summed E-state index contributed by atoms with van der Waals surface area (Å²) in [7, 11) is -1.11. The molecule has 33 heavy (non-hydrogen) atoms. The number of nitriles is 1. The molecule has 0 saturated heterocycles. The monoisotopic (exact) mass is 464 g/mol. The predicted molar refractivity (Wildman–Crippen MR) is 133 cm³/mol. The van der Waals surface area contributed by atoms with E-state index in [-0.39, 0.29) is 6.04 Å². The lowest BCUT2D eigenvalue weighted by molar-refractivity contribution is 0.0899. The molecule has 1 saturated carbocycles. The van der Waals surface area contributed by atoms with E-state index in [1.807, 2.05) is 21.6 Å². The quantitative estimate of drug-likeness (QED) is 0.276. The summed E-state index contributed by atoms with van der Waals surface area (Å²) in [6.07, 6.45) is 13.2. The van der Waals surface area contributed by atoms with Crippen LogP contribution in [0.3, 0.4) is 0 Å². The van der Waals surface area contributed by atoms with Crippen LogP contribution in [0.25, 0.3) is 22.3 Å². The van der Waals surface area contributed by atoms with Gasteiger partial charge in [-0.3, -0.25) is 4.68 Å². The number of fused-ring (bicyclic) bond motifs is 1. The molecule has 1 aliphatic carbocycles. The van der Waals surface area contributed by atoms with Gasteiger partial charge in [-0.05, 0) is 23.9 Å². The second kappa shape index (κ2) is 10.2. The summed E-state index contributed by atoms with van der Waals surface area (Å²) in [6.45, 7) is 10.6. The second-order valence-electron chi connectivity index (χ2n) is 10.6. The highest BCUT2D eigenvalue weighted by Crippen LogP contribution is 2.38. The molecular weight excluding hydrogens is 428 g/mol. The summed E-state index contributed by atoms with van der Waals surface area (Å²) >= 11 is 0. The van der Waals surface area contributed by atoms with Crippen LogP contribution in [-0.2, 0) is 11.5 Å². The first kappa shape index (κ1) is 23.6. The SMILES string of the molecule is CC(C1CCCC1)C(CC#N)n1cc(-c2ncnc3c2ccn3COCC[Si](C)(C)C)cn1. The Morgan fingerprint density at radius 2 is 2.03 bits per heavy atom. The molecule has 3 heterocycles. The first-order chi connectivity index (χ1) is 15.9. The molecule has 0 bridgehead atoms. The number of hydrogen-bond donors (Lipinski definition) is 0. The van der Waals surface area contributed by atoms with Crippen LogP contribution in [0.5, 0.6) is 0 Å². The molecule has 0 aromatic carbocycles. The Kier molecular flexibility index (Phi) is 7.30. The standard InChI is InChI=1S/C25H36N6OSi/c1-19(20-7-5-6-8-20)23(9-11-26)31-16-21(15-29-31)24-22-10-12-30(25(22)28-17-27-24)18-32-13-14-33(2,3)4/h10,12,15-17,19-20,23H,5-9,13-14,18H2,1-4H3. The molecule has 3 aromatic heterocycles. The highest BCUT2D eigenvalue weighted by Gasteiger charge is 2.30. The van der Waals surface area contributed by atoms with E-state index in [1.54, 1.807) is 6.33 Å². The first-order valence-electron chi connectivity index (χ1n) is 12.2. The minimum Gasteiger partial charge on any atom is -0.361 e. The van der Waals surface area contributed by atoms with Crippen molar-refractivity contribution in [3.63, 3.8) is 0 Å². The third-order valence-corrected chi connectivity index (χ3v) is 8.75. The Labute approximate surface area is 197 Å². The van der Waals surface area contributed by atoms with Gasteiger partial charge in [-0.15, -0.1) is 0 Å². The molecule has 2 unspecified atom stereocenters. The van der Waals surface area contributed by atoms with Gasteiger partial charge in [0.1, 0.15) is 18.7 Å². The van der Waals surface area contributed by atoms with Crippen LogP contribution in [0.4, 0.5) is 0 Å². The fourth-order valence-electron chi connectivity index (χ4n) is 4.93. The van der Waals surface area contributed by atoms with Crippen LogP contribution in [-0.4, -0.2) is 39.0 Å². The van der Waals surface area contributed by atoms with Crippen molar-refractivity contribution in [1.29, 1.82) is 5.26 Å². The van der Waals surface area contributed by atoms with E-state index >= 15 is 0 Å². The highest BCUT2D eigenvalue weighted by molar-refractivity contribution is 6.76. The van der Waals surface area contributed by atoms with Crippen molar-refractivity contribution in [1.82, 2.24) is 24.3 Å². The van der Waals surface area contributed by atoms with Gasteiger partial charge >= 0.3 is 0 Å². The third kappa shape index (κ3) is 5.53. The molecular formula is C25H36N6OSi. The van der Waals surface area contributed by atoms with Gasteiger partial charge in [-0.1, -0.05) is 52.2 Å². The van der Waals surface area contributed by atoms with Gasteiger partial charge in [0.15, 0.2) is 0 Å². The van der Waals surface area contributed by atoms with Gasteiger partial charge in [0.05, 0.1) is 30.4 Å². The van der Waals surface area contributed by atoms with Crippen LogP contribution in [0.15, 0.2) is 31.0 Å². The van der Waals surface area contributed by atoms with Crippen LogP contribution in [0, 0.1) is 23.2 Å². The zero-order valence-corrected chi connectivity index (χ0v) is 21.4. The van der Waals surface area contributed by atoms with Crippen LogP contribution >= 0.6 is 0 Å². The van der Waals surface area contributed by atoms with Crippen LogP contribution in [0.2, 0.25) is 25.7 Å². The van der Waals surface area contributed by atoms with E-state index in [2.05, 4.69) is 60.0 Å². The molecule has 8 heteroatoms. The van der Waals surface area contributed by atoms with Crippen molar-refractivity contribution in [2.45, 2.75) is 77.5 Å². The first-order valence-corrected chi connectivity index (χ1v) is 15.9. The minimum atomic E-state index is -1.11. The summed E-state index contributed by atoms with van der Waals surface area (Å²) in [5.41, 5.74) is 2.70. The summed E-state index contributed by atoms with van der Waals surface area (Å²) in [6, 6.07) is 5.68. The van der Waals surface area contributed by atoms with Gasteiger partial charge in [0.2, 0.25) is 0 Å². The largest absolute Gasteiger partial charge is 0.361 e. The maximum absolute atomic E-state index is 9.47. The van der Waals surface area contributed by atoms with E-state index in [0.29, 0.717) is 25.0 Å². The van der Waals surface area contributed by atoms with E-state index in [0.717, 1.165) is 34.9 Å². The fraction of sp³-hybridized carbons (Fsp3) is 0.600. The zero-order chi connectivity index (χ0) is 23.4. The average Bonchev–Trinajstić information content (AvgIpc) is 3.54. The molecule has 1 fully saturated rings. The second-order valence-corrected chi connectivity index (χ2v) is 16.3. The summed E-state index contributed by atoms with van der Waals surface area (Å²) < 4.78 is 9.97. The van der Waals surface area contributed by atoms with E-state index in [4.69, 9.17) is 4.74 Å². The van der Waals surface area contributed by atoms with Crippen molar-refractivity contribution in [3.05, 3.63) is 31.0 Å². The molecule has 176 valence electrons. The molecule has 0 spiro atoms. The summed E-state index contributed by atoms with van der Waals surface area (Å²) in [5, 5.41) is 15.1. The Morgan fingerprint density at radius 1 is 1.24 bits per heavy atom. The molecule has 4 rings (SSSR count). The molecule has 1 aliphatic rings. The Bertz CT molecular complexity index is 1100. The maximum Gasteiger partial charge on any atom is 0.145 e. The summed E-state index contributed by atoms with van der Waals surface area (Å²) in [4.78, 5) is 9.10. The van der Waals surface area contributed by atoms with Gasteiger partial charge in [0, 0.05) is 38.0 Å². The minimum absolute atomic E-state index is 0.0912. The average molecular weight is 465 g/mol. The lowest BCUT2D eigenvalue weighted by Gasteiger charge is -2.27. The molecule has 0 aliphatic heterocycles. The van der Waals surface area contributed by atoms with Gasteiger partial charge in [-0.25, -0.2) is 9.97 Å². The highest BCUT2D eigenvalue weighted by atomic mass is 28.3. The van der Waals surface area contributed by atoms with Crippen molar-refractivity contribution >= 4 is 19.1 Å². The topological polar surface area (TPSA) is 81.5 Å². The Balaban J connectivity index is 1.53. The normalized spacial score (nSPS) is 16.8. The van der Waals surface area contributed by atoms with E-state index in [9.17, 15) is 5.26 Å². The van der Waals surface area contributed by atoms with Crippen molar-refractivity contribution in [2.24, 2.45) is 11.8 Å². The molecule has 0 radical (unpaired) electrons. The van der Waals surface area contributed by atoms with Crippen molar-refractivity contribution < 1.29 is 4.74 Å². The molecule has 2 atom stereocenters. The lowest BCUT2D eigenvalue weighted by Crippen LogP contribution is -2.23. The fourth-order valence-corrected chi connectivity index (χ4v) is 5.69. The number of hydrogen-bond acceptors (Lipinski definition) is 5. The summed E-state index contributed by atoms with van der Waals surface area (Å²) in [5.74, 6) is 1.11. The smallest absolute Gasteiger partial charge is 0.145 e. The Morgan fingerprint density at radius 3 is 2.76 bits per heavy atom. The number of aromatic nitrogens is 5. The number of rotatable bonds is 10. The van der Waals surface area contributed by atoms with E-state index < -0.39 is 8.07 Å². The van der Waals surface area contributed by atoms with E-state index in [1.165, 1.54) is 25.7 Å². The van der Waals surface area contributed by atoms with Crippen LogP contribution < -0.4 is 0 Å². The predicted octanol–water partition coefficient (Wildman–Crippen LogP) is 5.89.